The molecule has 82 valence electrons. The molecule has 0 aromatic heterocycles. The Morgan fingerprint density at radius 2 is 1.35 bits per heavy atom. The molecule has 0 bridgehead atoms. The highest BCUT2D eigenvalue weighted by Crippen LogP contribution is 2.55. The van der Waals surface area contributed by atoms with Crippen LogP contribution in [0.5, 0.6) is 0 Å². The quantitative estimate of drug-likeness (QED) is 0.679. The Kier molecular flexibility index (Phi) is 2.23. The summed E-state index contributed by atoms with van der Waals surface area (Å²) in [6.07, 6.45) is 0.949. The molecule has 1 fully saturated rings. The number of benzene rings is 2. The average Bonchev–Trinajstić information content (AvgIpc) is 3.17. The molecule has 1 heteroatoms. The lowest BCUT2D eigenvalue weighted by Crippen LogP contribution is -2.12. The highest BCUT2D eigenvalue weighted by Gasteiger charge is 2.63. The van der Waals surface area contributed by atoms with E-state index in [-0.39, 0.29) is 11.5 Å². The predicted molar refractivity (Wildman–Crippen MR) is 68.7 cm³/mol. The van der Waals surface area contributed by atoms with Crippen molar-refractivity contribution in [2.24, 2.45) is 0 Å². The molecule has 1 nitrogen and oxygen atoms in total. The van der Waals surface area contributed by atoms with Crippen LogP contribution in [0.4, 0.5) is 0 Å². The van der Waals surface area contributed by atoms with Gasteiger partial charge in [-0.1, -0.05) is 60.7 Å². The van der Waals surface area contributed by atoms with Gasteiger partial charge in [-0.05, 0) is 11.1 Å². The van der Waals surface area contributed by atoms with Gasteiger partial charge in [0.15, 0.2) is 0 Å². The molecule has 0 spiro atoms. The Bertz CT molecular complexity index is 512. The van der Waals surface area contributed by atoms with Crippen molar-refractivity contribution in [2.75, 3.05) is 0 Å². The fourth-order valence-electron chi connectivity index (χ4n) is 2.66. The van der Waals surface area contributed by atoms with Crippen molar-refractivity contribution in [1.82, 2.24) is 0 Å². The van der Waals surface area contributed by atoms with Crippen LogP contribution < -0.4 is 0 Å². The van der Waals surface area contributed by atoms with E-state index in [1.807, 2.05) is 12.1 Å². The minimum Gasteiger partial charge on any atom is -0.312 e. The molecule has 2 aromatic rings. The van der Waals surface area contributed by atoms with E-state index in [1.165, 1.54) is 11.1 Å². The normalized spacial score (nSPS) is 20.5. The first-order chi connectivity index (χ1) is 8.38. The van der Waals surface area contributed by atoms with E-state index in [0.29, 0.717) is 0 Å². The molecule has 0 amide bonds. The standard InChI is InChI=1S/C16H13N/c1-17-15-12-16(15,13-8-4-2-5-9-13)14-10-6-3-7-11-14/h2-11,15H,12H2. The summed E-state index contributed by atoms with van der Waals surface area (Å²) in [4.78, 5) is 3.76. The molecule has 17 heavy (non-hydrogen) atoms. The van der Waals surface area contributed by atoms with Crippen LogP contribution in [-0.2, 0) is 5.41 Å². The van der Waals surface area contributed by atoms with Crippen molar-refractivity contribution in [1.29, 1.82) is 0 Å². The predicted octanol–water partition coefficient (Wildman–Crippen LogP) is 3.66. The molecule has 1 aliphatic carbocycles. The summed E-state index contributed by atoms with van der Waals surface area (Å²) in [6.45, 7) is 7.30. The maximum atomic E-state index is 7.30. The van der Waals surface area contributed by atoms with Crippen LogP contribution in [0.25, 0.3) is 4.85 Å². The maximum Gasteiger partial charge on any atom is 0.239 e. The summed E-state index contributed by atoms with van der Waals surface area (Å²) in [7, 11) is 0. The van der Waals surface area contributed by atoms with Crippen molar-refractivity contribution in [3.8, 4) is 0 Å². The fourth-order valence-corrected chi connectivity index (χ4v) is 2.66. The van der Waals surface area contributed by atoms with Crippen molar-refractivity contribution in [2.45, 2.75) is 17.9 Å². The maximum absolute atomic E-state index is 7.30. The first-order valence-corrected chi connectivity index (χ1v) is 5.85. The van der Waals surface area contributed by atoms with E-state index in [9.17, 15) is 0 Å². The van der Waals surface area contributed by atoms with Crippen LogP contribution in [0.2, 0.25) is 0 Å². The van der Waals surface area contributed by atoms with E-state index in [1.54, 1.807) is 0 Å². The minimum absolute atomic E-state index is 0.0513. The lowest BCUT2D eigenvalue weighted by molar-refractivity contribution is 0.830. The van der Waals surface area contributed by atoms with Crippen molar-refractivity contribution in [3.05, 3.63) is 83.2 Å². The van der Waals surface area contributed by atoms with E-state index >= 15 is 0 Å². The Morgan fingerprint density at radius 3 is 1.71 bits per heavy atom. The van der Waals surface area contributed by atoms with E-state index < -0.39 is 0 Å². The van der Waals surface area contributed by atoms with Gasteiger partial charge in [-0.2, -0.15) is 0 Å². The third-order valence-electron chi connectivity index (χ3n) is 3.66. The number of hydrogen-bond acceptors (Lipinski definition) is 0. The molecular formula is C16H13N. The summed E-state index contributed by atoms with van der Waals surface area (Å²) < 4.78 is 0. The van der Waals surface area contributed by atoms with Gasteiger partial charge >= 0.3 is 0 Å². The van der Waals surface area contributed by atoms with Gasteiger partial charge in [-0.15, -0.1) is 0 Å². The van der Waals surface area contributed by atoms with E-state index in [0.717, 1.165) is 6.42 Å². The summed E-state index contributed by atoms with van der Waals surface area (Å²) in [5, 5.41) is 0. The summed E-state index contributed by atoms with van der Waals surface area (Å²) in [5.74, 6) is 0. The molecule has 1 atom stereocenters. The van der Waals surface area contributed by atoms with Crippen LogP contribution in [0.1, 0.15) is 17.5 Å². The van der Waals surface area contributed by atoms with Crippen LogP contribution in [-0.4, -0.2) is 6.04 Å². The third kappa shape index (κ3) is 1.45. The monoisotopic (exact) mass is 219 g/mol. The van der Waals surface area contributed by atoms with Gasteiger partial charge in [0.05, 0.1) is 0 Å². The Hall–Kier alpha value is -2.07. The number of nitrogens with zero attached hydrogens (tertiary/aromatic N) is 1. The highest BCUT2D eigenvalue weighted by atomic mass is 14.9. The minimum atomic E-state index is -0.0513. The SMILES string of the molecule is [C-]#[N+]C1CC1(c1ccccc1)c1ccccc1. The molecule has 3 rings (SSSR count). The first-order valence-electron chi connectivity index (χ1n) is 5.85. The fraction of sp³-hybridized carbons (Fsp3) is 0.188. The highest BCUT2D eigenvalue weighted by molar-refractivity contribution is 5.50. The van der Waals surface area contributed by atoms with E-state index in [4.69, 9.17) is 6.57 Å². The van der Waals surface area contributed by atoms with Gasteiger partial charge in [0.1, 0.15) is 5.41 Å². The molecular weight excluding hydrogens is 206 g/mol. The van der Waals surface area contributed by atoms with E-state index in [2.05, 4.69) is 53.4 Å². The second-order valence-corrected chi connectivity index (χ2v) is 4.55. The number of hydrogen-bond donors (Lipinski definition) is 0. The Labute approximate surface area is 102 Å². The summed E-state index contributed by atoms with van der Waals surface area (Å²) in [6, 6.07) is 20.9. The van der Waals surface area contributed by atoms with Crippen molar-refractivity contribution >= 4 is 0 Å². The molecule has 2 aromatic carbocycles. The summed E-state index contributed by atoms with van der Waals surface area (Å²) in [5.41, 5.74) is 2.49. The van der Waals surface area contributed by atoms with Gasteiger partial charge in [0.2, 0.25) is 6.04 Å². The zero-order chi connectivity index (χ0) is 11.7. The van der Waals surface area contributed by atoms with Gasteiger partial charge in [-0.3, -0.25) is 0 Å². The third-order valence-corrected chi connectivity index (χ3v) is 3.66. The largest absolute Gasteiger partial charge is 0.312 e. The molecule has 0 aliphatic heterocycles. The van der Waals surface area contributed by atoms with Gasteiger partial charge < -0.3 is 4.85 Å². The molecule has 1 saturated carbocycles. The number of rotatable bonds is 2. The molecule has 0 heterocycles. The van der Waals surface area contributed by atoms with Gasteiger partial charge in [-0.25, -0.2) is 6.57 Å². The molecule has 0 radical (unpaired) electrons. The lowest BCUT2D eigenvalue weighted by Gasteiger charge is -2.14. The van der Waals surface area contributed by atoms with Crippen LogP contribution >= 0.6 is 0 Å². The molecule has 1 unspecified atom stereocenters. The van der Waals surface area contributed by atoms with Crippen LogP contribution in [0, 0.1) is 6.57 Å². The lowest BCUT2D eigenvalue weighted by atomic mass is 9.87. The Morgan fingerprint density at radius 1 is 0.882 bits per heavy atom. The molecule has 0 N–H and O–H groups in total. The van der Waals surface area contributed by atoms with Crippen LogP contribution in [0.15, 0.2) is 60.7 Å². The smallest absolute Gasteiger partial charge is 0.239 e. The van der Waals surface area contributed by atoms with Crippen molar-refractivity contribution < 1.29 is 0 Å². The topological polar surface area (TPSA) is 4.36 Å². The average molecular weight is 219 g/mol. The Balaban J connectivity index is 2.12. The first kappa shape index (κ1) is 10.1. The summed E-state index contributed by atoms with van der Waals surface area (Å²) >= 11 is 0. The van der Waals surface area contributed by atoms with Crippen LogP contribution in [0.3, 0.4) is 0 Å². The second kappa shape index (κ2) is 3.75. The zero-order valence-electron chi connectivity index (χ0n) is 9.51. The zero-order valence-corrected chi connectivity index (χ0v) is 9.51. The van der Waals surface area contributed by atoms with Gasteiger partial charge in [0, 0.05) is 6.42 Å². The molecule has 0 saturated heterocycles. The molecule has 1 aliphatic rings. The van der Waals surface area contributed by atoms with Gasteiger partial charge in [0.25, 0.3) is 0 Å². The van der Waals surface area contributed by atoms with Crippen molar-refractivity contribution in [3.63, 3.8) is 0 Å². The second-order valence-electron chi connectivity index (χ2n) is 4.55.